The minimum atomic E-state index is -1.79. The van der Waals surface area contributed by atoms with Gasteiger partial charge in [-0.25, -0.2) is 0 Å². The van der Waals surface area contributed by atoms with Crippen LogP contribution in [-0.2, 0) is 23.7 Å². The topological polar surface area (TPSA) is 228 Å². The molecule has 2 heterocycles. The van der Waals surface area contributed by atoms with Gasteiger partial charge in [-0.2, -0.15) is 0 Å². The van der Waals surface area contributed by atoms with Crippen LogP contribution in [0.2, 0.25) is 0 Å². The molecule has 0 aromatic carbocycles. The molecule has 2 fully saturated rings. The van der Waals surface area contributed by atoms with Crippen molar-refractivity contribution in [1.29, 1.82) is 0 Å². The molecule has 0 spiro atoms. The summed E-state index contributed by atoms with van der Waals surface area (Å²) in [5.74, 6) is -0.232. The number of aliphatic hydroxyl groups is 8. The van der Waals surface area contributed by atoms with Crippen molar-refractivity contribution in [3.05, 3.63) is 24.3 Å². The van der Waals surface area contributed by atoms with E-state index in [-0.39, 0.29) is 18.9 Å². The van der Waals surface area contributed by atoms with Crippen LogP contribution in [-0.4, -0.2) is 140 Å². The minimum Gasteiger partial charge on any atom is -0.394 e. The van der Waals surface area contributed by atoms with E-state index in [1.165, 1.54) is 270 Å². The van der Waals surface area contributed by atoms with E-state index < -0.39 is 86.8 Å². The summed E-state index contributed by atoms with van der Waals surface area (Å²) in [6.45, 7) is 2.85. The zero-order valence-electron chi connectivity index (χ0n) is 55.3. The lowest BCUT2D eigenvalue weighted by molar-refractivity contribution is -0.359. The highest BCUT2D eigenvalue weighted by atomic mass is 16.7. The molecule has 0 radical (unpaired) electrons. The Morgan fingerprint density at radius 1 is 0.407 bits per heavy atom. The molecule has 14 nitrogen and oxygen atoms in total. The molecule has 0 aliphatic carbocycles. The highest BCUT2D eigenvalue weighted by Crippen LogP contribution is 2.30. The number of carbonyl (C=O) groups is 1. The zero-order chi connectivity index (χ0) is 62.3. The molecule has 1 amide bonds. The second-order valence-electron chi connectivity index (χ2n) is 26.1. The highest BCUT2D eigenvalue weighted by Gasteiger charge is 2.51. The van der Waals surface area contributed by atoms with Gasteiger partial charge in [-0.05, 0) is 44.9 Å². The zero-order valence-corrected chi connectivity index (χ0v) is 55.3. The summed E-state index contributed by atoms with van der Waals surface area (Å²) < 4.78 is 22.9. The van der Waals surface area contributed by atoms with Crippen molar-refractivity contribution in [3.63, 3.8) is 0 Å². The summed E-state index contributed by atoms with van der Waals surface area (Å²) in [6.07, 6.45) is 55.4. The fourth-order valence-corrected chi connectivity index (χ4v) is 12.3. The van der Waals surface area contributed by atoms with Gasteiger partial charge in [0, 0.05) is 6.42 Å². The highest BCUT2D eigenvalue weighted by molar-refractivity contribution is 5.76. The van der Waals surface area contributed by atoms with Gasteiger partial charge < -0.3 is 65.1 Å². The first-order chi connectivity index (χ1) is 42.1. The normalized spacial score (nSPS) is 23.5. The number of amides is 1. The molecule has 86 heavy (non-hydrogen) atoms. The second kappa shape index (κ2) is 57.4. The number of hydrogen-bond acceptors (Lipinski definition) is 13. The van der Waals surface area contributed by atoms with E-state index in [4.69, 9.17) is 18.9 Å². The maximum absolute atomic E-state index is 13.3. The Morgan fingerprint density at radius 2 is 0.733 bits per heavy atom. The first-order valence-electron chi connectivity index (χ1n) is 36.6. The van der Waals surface area contributed by atoms with Crippen LogP contribution in [0.15, 0.2) is 24.3 Å². The molecular weight excluding hydrogens is 1090 g/mol. The number of hydrogen-bond donors (Lipinski definition) is 9. The van der Waals surface area contributed by atoms with Gasteiger partial charge in [0.25, 0.3) is 0 Å². The average molecular weight is 1220 g/mol. The number of aliphatic hydroxyl groups excluding tert-OH is 8. The van der Waals surface area contributed by atoms with Crippen LogP contribution in [0.5, 0.6) is 0 Å². The van der Waals surface area contributed by atoms with E-state index in [1.54, 1.807) is 6.08 Å². The lowest BCUT2D eigenvalue weighted by Crippen LogP contribution is -2.65. The predicted molar refractivity (Wildman–Crippen MR) is 351 cm³/mol. The number of carbonyl (C=O) groups excluding carboxylic acids is 1. The summed E-state index contributed by atoms with van der Waals surface area (Å²) in [6, 6.07) is -0.912. The monoisotopic (exact) mass is 1220 g/mol. The van der Waals surface area contributed by atoms with Crippen molar-refractivity contribution in [3.8, 4) is 0 Å². The van der Waals surface area contributed by atoms with Crippen LogP contribution in [0.3, 0.4) is 0 Å². The molecule has 12 unspecified atom stereocenters. The first-order valence-corrected chi connectivity index (χ1v) is 36.6. The van der Waals surface area contributed by atoms with Gasteiger partial charge >= 0.3 is 0 Å². The second-order valence-corrected chi connectivity index (χ2v) is 26.1. The van der Waals surface area contributed by atoms with Crippen LogP contribution in [0.25, 0.3) is 0 Å². The molecule has 0 saturated carbocycles. The summed E-state index contributed by atoms with van der Waals surface area (Å²) in [5.41, 5.74) is 0. The first kappa shape index (κ1) is 80.6. The molecule has 2 aliphatic rings. The Labute approximate surface area is 526 Å². The van der Waals surface area contributed by atoms with Crippen LogP contribution in [0, 0.1) is 0 Å². The van der Waals surface area contributed by atoms with Gasteiger partial charge in [0.05, 0.1) is 32.0 Å². The Bertz CT molecular complexity index is 1540. The Balaban J connectivity index is 1.60. The van der Waals surface area contributed by atoms with E-state index in [2.05, 4.69) is 31.3 Å². The van der Waals surface area contributed by atoms with E-state index in [0.717, 1.165) is 38.5 Å². The molecule has 2 rings (SSSR count). The lowest BCUT2D eigenvalue weighted by Gasteiger charge is -2.46. The Morgan fingerprint density at radius 3 is 1.10 bits per heavy atom. The van der Waals surface area contributed by atoms with Crippen molar-refractivity contribution < 1.29 is 64.6 Å². The van der Waals surface area contributed by atoms with Crippen molar-refractivity contribution >= 4 is 5.91 Å². The maximum Gasteiger partial charge on any atom is 0.220 e. The molecule has 2 saturated heterocycles. The molecule has 12 atom stereocenters. The lowest BCUT2D eigenvalue weighted by atomic mass is 9.97. The smallest absolute Gasteiger partial charge is 0.220 e. The van der Waals surface area contributed by atoms with Crippen molar-refractivity contribution in [2.45, 2.75) is 408 Å². The van der Waals surface area contributed by atoms with Gasteiger partial charge in [0.1, 0.15) is 48.8 Å². The third-order valence-corrected chi connectivity index (χ3v) is 18.1. The maximum atomic E-state index is 13.3. The number of ether oxygens (including phenoxy) is 4. The Kier molecular flexibility index (Phi) is 53.7. The van der Waals surface area contributed by atoms with Crippen LogP contribution in [0.4, 0.5) is 0 Å². The summed E-state index contributed by atoms with van der Waals surface area (Å²) >= 11 is 0. The molecule has 0 aromatic heterocycles. The number of rotatable bonds is 61. The molecule has 508 valence electrons. The van der Waals surface area contributed by atoms with Crippen LogP contribution in [0.1, 0.15) is 335 Å². The van der Waals surface area contributed by atoms with E-state index >= 15 is 0 Å². The van der Waals surface area contributed by atoms with Crippen molar-refractivity contribution in [2.24, 2.45) is 0 Å². The van der Waals surface area contributed by atoms with Gasteiger partial charge in [0.2, 0.25) is 5.91 Å². The predicted octanol–water partition coefficient (Wildman–Crippen LogP) is 15.1. The third-order valence-electron chi connectivity index (χ3n) is 18.1. The van der Waals surface area contributed by atoms with Gasteiger partial charge in [0.15, 0.2) is 12.6 Å². The fourth-order valence-electron chi connectivity index (χ4n) is 12.3. The Hall–Kier alpha value is -1.53. The largest absolute Gasteiger partial charge is 0.394 e. The SMILES string of the molecule is CCCCCCCCCC/C=C\CCCCCCCCCCCCCCCCCCCCCCCCCC(=O)NC(COC1OC(CO)C(OC2OC(CO)C(O)C(O)C2O)C(O)C1O)C(O)/C=C/CCCCCCCCCCCCCCCCC. The van der Waals surface area contributed by atoms with Gasteiger partial charge in [-0.15, -0.1) is 0 Å². The number of nitrogens with one attached hydrogen (secondary N) is 1. The summed E-state index contributed by atoms with van der Waals surface area (Å²) in [4.78, 5) is 13.3. The van der Waals surface area contributed by atoms with Crippen molar-refractivity contribution in [1.82, 2.24) is 5.32 Å². The molecule has 0 bridgehead atoms. The number of unbranched alkanes of at least 4 members (excludes halogenated alkanes) is 46. The molecular formula is C72H137NO13. The fraction of sp³-hybridized carbons (Fsp3) is 0.931. The average Bonchev–Trinajstić information content (AvgIpc) is 2.46. The van der Waals surface area contributed by atoms with Crippen LogP contribution >= 0.6 is 0 Å². The van der Waals surface area contributed by atoms with Crippen molar-refractivity contribution in [2.75, 3.05) is 19.8 Å². The van der Waals surface area contributed by atoms with Crippen LogP contribution < -0.4 is 5.32 Å². The summed E-state index contributed by atoms with van der Waals surface area (Å²) in [7, 11) is 0. The summed E-state index contributed by atoms with van der Waals surface area (Å²) in [5, 5.41) is 87.4. The molecule has 14 heteroatoms. The minimum absolute atomic E-state index is 0.232. The van der Waals surface area contributed by atoms with E-state index in [1.807, 2.05) is 6.08 Å². The quantitative estimate of drug-likeness (QED) is 0.0204. The standard InChI is InChI=1S/C72H137NO13/c1-3-5-7-9-11-13-15-17-19-21-22-23-24-25-26-27-28-29-30-31-32-33-34-35-36-37-38-40-42-44-46-48-50-52-54-56-64(77)73-60(61(76)55-53-51-49-47-45-43-41-39-20-18-16-14-12-10-8-6-4-2)59-83-71-69(82)67(80)70(63(58-75)85-71)86-72-68(81)66(79)65(78)62(57-74)84-72/h21-22,53,55,60-63,65-72,74-76,78-82H,3-20,23-52,54,56-59H2,1-2H3,(H,73,77)/b22-21-,55-53+. The molecule has 9 N–H and O–H groups in total. The van der Waals surface area contributed by atoms with Gasteiger partial charge in [-0.1, -0.05) is 308 Å². The van der Waals surface area contributed by atoms with Gasteiger partial charge in [-0.3, -0.25) is 4.79 Å². The number of allylic oxidation sites excluding steroid dienone is 3. The molecule has 2 aliphatic heterocycles. The molecule has 0 aromatic rings. The third kappa shape index (κ3) is 41.1. The van der Waals surface area contributed by atoms with E-state index in [9.17, 15) is 45.6 Å². The van der Waals surface area contributed by atoms with E-state index in [0.29, 0.717) is 6.42 Å².